The topological polar surface area (TPSA) is 54.9 Å². The highest BCUT2D eigenvalue weighted by Gasteiger charge is 2.10. The lowest BCUT2D eigenvalue weighted by Gasteiger charge is -2.03. The summed E-state index contributed by atoms with van der Waals surface area (Å²) in [5.41, 5.74) is 4.09. The van der Waals surface area contributed by atoms with Crippen LogP contribution in [0.1, 0.15) is 16.1 Å². The standard InChI is InChI=1S/C18H12FN3OS3/c19-12-3-6-15-16(7-12)26-18(21-15)22-17(23)11-1-4-14(5-2-11)25-9-13-8-24-10-20-13/h1-8,10H,9H2,(H,21,22,23). The second kappa shape index (κ2) is 7.53. The van der Waals surface area contributed by atoms with Crippen molar-refractivity contribution in [3.63, 3.8) is 0 Å². The van der Waals surface area contributed by atoms with Crippen molar-refractivity contribution in [2.75, 3.05) is 5.32 Å². The Morgan fingerprint density at radius 2 is 2.04 bits per heavy atom. The molecule has 0 unspecified atom stereocenters. The lowest BCUT2D eigenvalue weighted by atomic mass is 10.2. The van der Waals surface area contributed by atoms with Crippen LogP contribution in [0, 0.1) is 5.82 Å². The minimum Gasteiger partial charge on any atom is -0.298 e. The zero-order chi connectivity index (χ0) is 17.9. The SMILES string of the molecule is O=C(Nc1nc2ccc(F)cc2s1)c1ccc(SCc2cscn2)cc1. The summed E-state index contributed by atoms with van der Waals surface area (Å²) in [6, 6.07) is 11.8. The fourth-order valence-corrected chi connectivity index (χ4v) is 4.64. The molecule has 0 fully saturated rings. The maximum atomic E-state index is 13.3. The van der Waals surface area contributed by atoms with Gasteiger partial charge in [0.2, 0.25) is 0 Å². The number of aromatic nitrogens is 2. The first kappa shape index (κ1) is 17.1. The zero-order valence-corrected chi connectivity index (χ0v) is 15.8. The molecule has 0 saturated heterocycles. The molecule has 0 spiro atoms. The lowest BCUT2D eigenvalue weighted by molar-refractivity contribution is 0.102. The van der Waals surface area contributed by atoms with E-state index in [1.165, 1.54) is 23.5 Å². The number of thioether (sulfide) groups is 1. The Kier molecular flexibility index (Phi) is 4.96. The van der Waals surface area contributed by atoms with Crippen LogP contribution in [0.4, 0.5) is 9.52 Å². The van der Waals surface area contributed by atoms with Crippen LogP contribution in [0.2, 0.25) is 0 Å². The molecule has 8 heteroatoms. The van der Waals surface area contributed by atoms with Gasteiger partial charge >= 0.3 is 0 Å². The number of amides is 1. The quantitative estimate of drug-likeness (QED) is 0.453. The minimum absolute atomic E-state index is 0.236. The van der Waals surface area contributed by atoms with E-state index >= 15 is 0 Å². The molecule has 4 aromatic rings. The lowest BCUT2D eigenvalue weighted by Crippen LogP contribution is -2.11. The Balaban J connectivity index is 1.42. The van der Waals surface area contributed by atoms with Crippen molar-refractivity contribution < 1.29 is 9.18 Å². The molecular weight excluding hydrogens is 389 g/mol. The predicted molar refractivity (Wildman–Crippen MR) is 106 cm³/mol. The molecule has 0 bridgehead atoms. The van der Waals surface area contributed by atoms with Crippen LogP contribution in [0.5, 0.6) is 0 Å². The van der Waals surface area contributed by atoms with Gasteiger partial charge < -0.3 is 0 Å². The average molecular weight is 402 g/mol. The molecule has 0 aliphatic carbocycles. The van der Waals surface area contributed by atoms with E-state index in [4.69, 9.17) is 0 Å². The molecule has 130 valence electrons. The molecule has 2 heterocycles. The molecule has 2 aromatic heterocycles. The highest BCUT2D eigenvalue weighted by atomic mass is 32.2. The molecule has 0 aliphatic heterocycles. The van der Waals surface area contributed by atoms with E-state index in [1.54, 1.807) is 41.3 Å². The number of benzene rings is 2. The van der Waals surface area contributed by atoms with Gasteiger partial charge in [0.05, 0.1) is 21.4 Å². The molecule has 4 rings (SSSR count). The average Bonchev–Trinajstić information content (AvgIpc) is 3.29. The third-order valence-corrected chi connectivity index (χ3v) is 6.17. The molecule has 0 saturated carbocycles. The first-order valence-electron chi connectivity index (χ1n) is 7.65. The number of carbonyl (C=O) groups is 1. The van der Waals surface area contributed by atoms with Crippen LogP contribution >= 0.6 is 34.4 Å². The third-order valence-electron chi connectivity index (χ3n) is 3.56. The Morgan fingerprint density at radius 3 is 2.81 bits per heavy atom. The highest BCUT2D eigenvalue weighted by Crippen LogP contribution is 2.27. The van der Waals surface area contributed by atoms with Crippen molar-refractivity contribution in [2.45, 2.75) is 10.6 Å². The number of hydrogen-bond acceptors (Lipinski definition) is 6. The van der Waals surface area contributed by atoms with Crippen molar-refractivity contribution in [3.8, 4) is 0 Å². The van der Waals surface area contributed by atoms with Crippen LogP contribution in [0.3, 0.4) is 0 Å². The van der Waals surface area contributed by atoms with Crippen LogP contribution in [-0.4, -0.2) is 15.9 Å². The summed E-state index contributed by atoms with van der Waals surface area (Å²) in [6.07, 6.45) is 0. The Hall–Kier alpha value is -2.29. The van der Waals surface area contributed by atoms with E-state index in [2.05, 4.69) is 15.3 Å². The molecule has 26 heavy (non-hydrogen) atoms. The first-order chi connectivity index (χ1) is 12.7. The van der Waals surface area contributed by atoms with Crippen molar-refractivity contribution in [2.24, 2.45) is 0 Å². The maximum absolute atomic E-state index is 13.3. The van der Waals surface area contributed by atoms with Crippen molar-refractivity contribution in [1.29, 1.82) is 0 Å². The van der Waals surface area contributed by atoms with Gasteiger partial charge in [-0.25, -0.2) is 14.4 Å². The Bertz CT molecular complexity index is 1050. The molecule has 2 aromatic carbocycles. The van der Waals surface area contributed by atoms with Crippen molar-refractivity contribution in [3.05, 3.63) is 70.4 Å². The summed E-state index contributed by atoms with van der Waals surface area (Å²) < 4.78 is 14.0. The molecular formula is C18H12FN3OS3. The van der Waals surface area contributed by atoms with Gasteiger partial charge in [-0.05, 0) is 42.5 Å². The number of carbonyl (C=O) groups excluding carboxylic acids is 1. The summed E-state index contributed by atoms with van der Waals surface area (Å²) in [4.78, 5) is 22.0. The Morgan fingerprint density at radius 1 is 1.19 bits per heavy atom. The van der Waals surface area contributed by atoms with E-state index in [9.17, 15) is 9.18 Å². The summed E-state index contributed by atoms with van der Waals surface area (Å²) in [5.74, 6) is 0.252. The number of hydrogen-bond donors (Lipinski definition) is 1. The summed E-state index contributed by atoms with van der Waals surface area (Å²) in [5, 5.41) is 5.25. The summed E-state index contributed by atoms with van der Waals surface area (Å²) in [7, 11) is 0. The molecule has 0 aliphatic rings. The number of halogens is 1. The molecule has 0 atom stereocenters. The van der Waals surface area contributed by atoms with Crippen molar-refractivity contribution in [1.82, 2.24) is 9.97 Å². The van der Waals surface area contributed by atoms with Gasteiger partial charge in [-0.15, -0.1) is 23.1 Å². The van der Waals surface area contributed by atoms with E-state index < -0.39 is 0 Å². The fraction of sp³-hybridized carbons (Fsp3) is 0.0556. The van der Waals surface area contributed by atoms with Gasteiger partial charge in [0, 0.05) is 21.6 Å². The third kappa shape index (κ3) is 3.92. The molecule has 0 radical (unpaired) electrons. The zero-order valence-electron chi connectivity index (χ0n) is 13.3. The highest BCUT2D eigenvalue weighted by molar-refractivity contribution is 7.98. The number of thiazole rings is 2. The van der Waals surface area contributed by atoms with E-state index in [0.717, 1.165) is 16.3 Å². The molecule has 4 nitrogen and oxygen atoms in total. The number of rotatable bonds is 5. The van der Waals surface area contributed by atoms with Gasteiger partial charge in [-0.3, -0.25) is 10.1 Å². The number of nitrogens with zero attached hydrogens (tertiary/aromatic N) is 2. The predicted octanol–water partition coefficient (Wildman–Crippen LogP) is 5.44. The van der Waals surface area contributed by atoms with Crippen molar-refractivity contribution >= 4 is 55.7 Å². The maximum Gasteiger partial charge on any atom is 0.257 e. The Labute approximate surface area is 161 Å². The van der Waals surface area contributed by atoms with E-state index in [0.29, 0.717) is 20.9 Å². The van der Waals surface area contributed by atoms with Crippen LogP contribution in [-0.2, 0) is 5.75 Å². The number of fused-ring (bicyclic) bond motifs is 1. The monoisotopic (exact) mass is 401 g/mol. The largest absolute Gasteiger partial charge is 0.298 e. The van der Waals surface area contributed by atoms with Crippen LogP contribution < -0.4 is 5.32 Å². The normalized spacial score (nSPS) is 11.0. The minimum atomic E-state index is -0.315. The van der Waals surface area contributed by atoms with Gasteiger partial charge in [-0.1, -0.05) is 11.3 Å². The first-order valence-corrected chi connectivity index (χ1v) is 10.4. The number of nitrogens with one attached hydrogen (secondary N) is 1. The van der Waals surface area contributed by atoms with Gasteiger partial charge in [0.25, 0.3) is 5.91 Å². The van der Waals surface area contributed by atoms with Crippen LogP contribution in [0.25, 0.3) is 10.2 Å². The molecule has 1 N–H and O–H groups in total. The van der Waals surface area contributed by atoms with E-state index in [-0.39, 0.29) is 11.7 Å². The summed E-state index contributed by atoms with van der Waals surface area (Å²) >= 11 is 4.51. The van der Waals surface area contributed by atoms with Gasteiger partial charge in [-0.2, -0.15) is 0 Å². The van der Waals surface area contributed by atoms with Crippen LogP contribution in [0.15, 0.2) is 58.3 Å². The summed E-state index contributed by atoms with van der Waals surface area (Å²) in [6.45, 7) is 0. The van der Waals surface area contributed by atoms with Gasteiger partial charge in [0.15, 0.2) is 5.13 Å². The fourth-order valence-electron chi connectivity index (χ4n) is 2.29. The molecule has 1 amide bonds. The number of anilines is 1. The second-order valence-electron chi connectivity index (χ2n) is 5.38. The smallest absolute Gasteiger partial charge is 0.257 e. The van der Waals surface area contributed by atoms with Gasteiger partial charge in [0.1, 0.15) is 5.82 Å². The van der Waals surface area contributed by atoms with E-state index in [1.807, 2.05) is 23.0 Å². The second-order valence-corrected chi connectivity index (χ2v) is 8.18.